The topological polar surface area (TPSA) is 51.2 Å². The lowest BCUT2D eigenvalue weighted by Crippen LogP contribution is -2.14. The third kappa shape index (κ3) is 2.73. The van der Waals surface area contributed by atoms with Crippen LogP contribution in [-0.4, -0.2) is 17.5 Å². The Balaban J connectivity index is 2.35. The van der Waals surface area contributed by atoms with E-state index in [2.05, 4.69) is 0 Å². The van der Waals surface area contributed by atoms with Crippen LogP contribution in [0.15, 0.2) is 66.2 Å². The fraction of sp³-hybridized carbons (Fsp3) is 0. The number of Topliss-reactive ketones (excluding diaryl/α,β-unsaturated/α-hetero) is 2. The number of ketones is 2. The molecule has 0 amide bonds. The van der Waals surface area contributed by atoms with Crippen LogP contribution in [0.1, 0.15) is 20.7 Å². The van der Waals surface area contributed by atoms with Gasteiger partial charge in [0.15, 0.2) is 5.57 Å². The van der Waals surface area contributed by atoms with Crippen LogP contribution in [0.4, 0.5) is 0 Å². The van der Waals surface area contributed by atoms with Gasteiger partial charge in [0.25, 0.3) is 0 Å². The van der Waals surface area contributed by atoms with Crippen LogP contribution in [-0.2, 0) is 4.79 Å². The zero-order valence-corrected chi connectivity index (χ0v) is 10.00. The quantitative estimate of drug-likeness (QED) is 0.209. The molecule has 0 aliphatic rings. The second-order valence-corrected chi connectivity index (χ2v) is 3.87. The van der Waals surface area contributed by atoms with E-state index in [1.807, 2.05) is 0 Å². The summed E-state index contributed by atoms with van der Waals surface area (Å²) in [6.07, 6.45) is 0. The fourth-order valence-corrected chi connectivity index (χ4v) is 1.66. The number of hydrogen-bond acceptors (Lipinski definition) is 3. The Labute approximate surface area is 110 Å². The highest BCUT2D eigenvalue weighted by atomic mass is 16.2. The maximum absolute atomic E-state index is 12.1. The van der Waals surface area contributed by atoms with Crippen LogP contribution < -0.4 is 0 Å². The summed E-state index contributed by atoms with van der Waals surface area (Å²) in [5, 5.41) is 0. The summed E-state index contributed by atoms with van der Waals surface area (Å²) in [5.41, 5.74) is 0.118. The van der Waals surface area contributed by atoms with Crippen molar-refractivity contribution in [3.05, 3.63) is 77.4 Å². The number of carbonyl (C=O) groups is 2. The smallest absolute Gasteiger partial charge is 0.208 e. The Morgan fingerprint density at radius 1 is 0.684 bits per heavy atom. The van der Waals surface area contributed by atoms with Gasteiger partial charge >= 0.3 is 0 Å². The minimum atomic E-state index is -0.607. The lowest BCUT2D eigenvalue weighted by molar-refractivity contribution is 0.0965. The van der Waals surface area contributed by atoms with Crippen LogP contribution in [0.3, 0.4) is 0 Å². The van der Waals surface area contributed by atoms with Gasteiger partial charge in [-0.2, -0.15) is 0 Å². The highest BCUT2D eigenvalue weighted by Crippen LogP contribution is 2.12. The van der Waals surface area contributed by atoms with Gasteiger partial charge in [0.2, 0.25) is 11.6 Å². The monoisotopic (exact) mass is 251 g/mol. The molecule has 2 aromatic rings. The van der Waals surface area contributed by atoms with Gasteiger partial charge in [-0.05, 0) is 0 Å². The first-order valence-electron chi connectivity index (χ1n) is 5.68. The molecule has 0 heterocycles. The average molecular weight is 251 g/mol. The van der Waals surface area contributed by atoms with Gasteiger partial charge in [0.05, 0.1) is 0 Å². The Kier molecular flexibility index (Phi) is 3.81. The maximum Gasteiger partial charge on any atom is 0.208 e. The summed E-state index contributed by atoms with van der Waals surface area (Å²) in [6, 6.07) is 16.4. The van der Waals surface area contributed by atoms with E-state index in [1.165, 1.54) is 5.94 Å². The van der Waals surface area contributed by atoms with Crippen molar-refractivity contribution in [2.45, 2.75) is 0 Å². The minimum Gasteiger partial charge on any atom is -0.288 e. The molecule has 0 aliphatic heterocycles. The van der Waals surface area contributed by atoms with Crippen LogP contribution in [0.5, 0.6) is 0 Å². The van der Waals surface area contributed by atoms with E-state index >= 15 is 0 Å². The Hall–Kier alpha value is -2.77. The Bertz CT molecular complexity index is 597. The Morgan fingerprint density at radius 2 is 1.05 bits per heavy atom. The molecule has 3 nitrogen and oxygen atoms in total. The summed E-state index contributed by atoms with van der Waals surface area (Å²) >= 11 is 0. The van der Waals surface area contributed by atoms with Gasteiger partial charge in [-0.25, -0.2) is 4.79 Å². The van der Waals surface area contributed by atoms with E-state index in [9.17, 15) is 14.4 Å². The third-order valence-corrected chi connectivity index (χ3v) is 2.63. The molecule has 0 aliphatic carbocycles. The number of hydrogen-bond donors (Lipinski definition) is 0. The normalized spacial score (nSPS) is 9.47. The first kappa shape index (κ1) is 12.7. The van der Waals surface area contributed by atoms with Gasteiger partial charge in [0, 0.05) is 11.1 Å². The number of allylic oxidation sites excluding steroid dienone is 1. The van der Waals surface area contributed by atoms with Crippen LogP contribution >= 0.6 is 0 Å². The van der Waals surface area contributed by atoms with E-state index < -0.39 is 17.1 Å². The molecular formula is C16H10O3. The SMILES string of the molecule is O=C=C(C(=O)c1ccccc1)[13C](=O)c1ccccc1. The van der Waals surface area contributed by atoms with Crippen molar-refractivity contribution in [2.75, 3.05) is 0 Å². The average Bonchev–Trinajstić information content (AvgIpc) is 2.49. The lowest BCUT2D eigenvalue weighted by atomic mass is 10.1. The van der Waals surface area contributed by atoms with Crippen molar-refractivity contribution in [2.24, 2.45) is 0 Å². The highest BCUT2D eigenvalue weighted by molar-refractivity contribution is 6.35. The van der Waals surface area contributed by atoms with Crippen LogP contribution in [0.25, 0.3) is 0 Å². The van der Waals surface area contributed by atoms with Crippen molar-refractivity contribution < 1.29 is 14.4 Å². The molecule has 0 radical (unpaired) electrons. The molecule has 92 valence electrons. The van der Waals surface area contributed by atoms with E-state index in [1.54, 1.807) is 60.7 Å². The van der Waals surface area contributed by atoms with E-state index in [0.717, 1.165) is 0 Å². The standard InChI is InChI=1S/C16H10O3/c17-11-14(15(18)12-7-3-1-4-8-12)16(19)13-9-5-2-6-10-13/h1-10H/i15+1. The predicted molar refractivity (Wildman–Crippen MR) is 70.8 cm³/mol. The maximum atomic E-state index is 12.1. The molecular weight excluding hydrogens is 241 g/mol. The highest BCUT2D eigenvalue weighted by Gasteiger charge is 2.22. The molecule has 0 aromatic heterocycles. The molecule has 0 bridgehead atoms. The zero-order valence-electron chi connectivity index (χ0n) is 10.00. The van der Waals surface area contributed by atoms with Crippen LogP contribution in [0.2, 0.25) is 0 Å². The van der Waals surface area contributed by atoms with Crippen molar-refractivity contribution >= 4 is 17.5 Å². The second kappa shape index (κ2) is 5.71. The molecule has 0 fully saturated rings. The van der Waals surface area contributed by atoms with E-state index in [0.29, 0.717) is 11.1 Å². The zero-order chi connectivity index (χ0) is 13.7. The molecule has 0 unspecified atom stereocenters. The second-order valence-electron chi connectivity index (χ2n) is 3.87. The first-order valence-corrected chi connectivity index (χ1v) is 5.68. The summed E-state index contributed by atoms with van der Waals surface area (Å²) in [6.45, 7) is 0. The molecule has 0 N–H and O–H groups in total. The van der Waals surface area contributed by atoms with E-state index in [4.69, 9.17) is 0 Å². The van der Waals surface area contributed by atoms with Gasteiger partial charge in [-0.15, -0.1) is 0 Å². The largest absolute Gasteiger partial charge is 0.288 e. The molecule has 3 heteroatoms. The summed E-state index contributed by atoms with van der Waals surface area (Å²) in [4.78, 5) is 35.1. The Morgan fingerprint density at radius 3 is 1.37 bits per heavy atom. The molecule has 2 rings (SSSR count). The van der Waals surface area contributed by atoms with Crippen LogP contribution in [0, 0.1) is 0 Å². The molecule has 0 saturated carbocycles. The van der Waals surface area contributed by atoms with Crippen molar-refractivity contribution in [1.29, 1.82) is 0 Å². The lowest BCUT2D eigenvalue weighted by Gasteiger charge is -2.02. The molecule has 2 aromatic carbocycles. The van der Waals surface area contributed by atoms with Gasteiger partial charge < -0.3 is 0 Å². The summed E-state index contributed by atoms with van der Waals surface area (Å²) < 4.78 is 0. The number of rotatable bonds is 4. The first-order chi connectivity index (χ1) is 9.24. The third-order valence-electron chi connectivity index (χ3n) is 2.63. The van der Waals surface area contributed by atoms with Crippen molar-refractivity contribution in [1.82, 2.24) is 0 Å². The van der Waals surface area contributed by atoms with Crippen molar-refractivity contribution in [3.8, 4) is 0 Å². The van der Waals surface area contributed by atoms with Gasteiger partial charge in [-0.3, -0.25) is 9.59 Å². The molecule has 0 atom stereocenters. The number of benzene rings is 2. The van der Waals surface area contributed by atoms with Gasteiger partial charge in [-0.1, -0.05) is 60.7 Å². The number of carbonyl (C=O) groups excluding carboxylic acids is 3. The molecule has 0 spiro atoms. The van der Waals surface area contributed by atoms with Gasteiger partial charge in [0.1, 0.15) is 5.94 Å². The molecule has 0 saturated heterocycles. The predicted octanol–water partition coefficient (Wildman–Crippen LogP) is 2.51. The fourth-order valence-electron chi connectivity index (χ4n) is 1.66. The van der Waals surface area contributed by atoms with Crippen molar-refractivity contribution in [3.63, 3.8) is 0 Å². The molecule has 19 heavy (non-hydrogen) atoms. The summed E-state index contributed by atoms with van der Waals surface area (Å²) in [5.74, 6) is 0.252. The summed E-state index contributed by atoms with van der Waals surface area (Å²) in [7, 11) is 0. The minimum absolute atomic E-state index is 0.296. The van der Waals surface area contributed by atoms with E-state index in [-0.39, 0.29) is 0 Å².